The molecule has 7 heteroatoms. The summed E-state index contributed by atoms with van der Waals surface area (Å²) in [6.45, 7) is 0. The average Bonchev–Trinajstić information content (AvgIpc) is 2.26. The Bertz CT molecular complexity index is 466. The van der Waals surface area contributed by atoms with E-state index in [9.17, 15) is 18.0 Å². The van der Waals surface area contributed by atoms with E-state index in [1.807, 2.05) is 0 Å². The van der Waals surface area contributed by atoms with Crippen molar-refractivity contribution in [3.8, 4) is 0 Å². The average molecular weight is 273 g/mol. The Morgan fingerprint density at radius 3 is 2.53 bits per heavy atom. The molecule has 0 aliphatic heterocycles. The summed E-state index contributed by atoms with van der Waals surface area (Å²) in [7, 11) is 0. The first kappa shape index (κ1) is 13.8. The first-order valence-electron chi connectivity index (χ1n) is 5.91. The Hall–Kier alpha value is -1.63. The molecular weight excluding hydrogens is 259 g/mol. The molecule has 1 heterocycles. The highest BCUT2D eigenvalue weighted by atomic mass is 19.4. The smallest absolute Gasteiger partial charge is 0.325 e. The van der Waals surface area contributed by atoms with Crippen LogP contribution in [0.15, 0.2) is 18.3 Å². The lowest BCUT2D eigenvalue weighted by atomic mass is 9.75. The molecule has 19 heavy (non-hydrogen) atoms. The third kappa shape index (κ3) is 3.44. The summed E-state index contributed by atoms with van der Waals surface area (Å²) in [6.07, 6.45) is -0.711. The van der Waals surface area contributed by atoms with Crippen LogP contribution in [0.4, 0.5) is 18.9 Å². The second-order valence-electron chi connectivity index (χ2n) is 4.87. The molecule has 1 aliphatic rings. The molecule has 1 aliphatic carbocycles. The van der Waals surface area contributed by atoms with Crippen molar-refractivity contribution in [2.45, 2.75) is 37.4 Å². The molecular formula is C12H14F3N3O. The number of nitrogens with one attached hydrogen (secondary N) is 1. The third-order valence-corrected chi connectivity index (χ3v) is 3.20. The highest BCUT2D eigenvalue weighted by Crippen LogP contribution is 2.32. The van der Waals surface area contributed by atoms with E-state index >= 15 is 0 Å². The molecule has 1 fully saturated rings. The van der Waals surface area contributed by atoms with Crippen molar-refractivity contribution in [3.63, 3.8) is 0 Å². The van der Waals surface area contributed by atoms with Gasteiger partial charge in [-0.1, -0.05) is 0 Å². The number of halogens is 3. The Labute approximate surface area is 108 Å². The van der Waals surface area contributed by atoms with Crippen LogP contribution in [0.25, 0.3) is 0 Å². The van der Waals surface area contributed by atoms with Crippen molar-refractivity contribution in [1.29, 1.82) is 0 Å². The number of aromatic nitrogens is 1. The number of amides is 1. The maximum atomic E-state index is 12.3. The first-order chi connectivity index (χ1) is 8.78. The summed E-state index contributed by atoms with van der Waals surface area (Å²) in [5.74, 6) is -0.302. The second kappa shape index (κ2) is 4.80. The molecule has 2 rings (SSSR count). The molecule has 0 atom stereocenters. The fourth-order valence-electron chi connectivity index (χ4n) is 1.97. The van der Waals surface area contributed by atoms with Crippen molar-refractivity contribution in [2.75, 3.05) is 5.32 Å². The molecule has 1 aromatic rings. The van der Waals surface area contributed by atoms with E-state index in [4.69, 9.17) is 5.73 Å². The number of alkyl halides is 3. The number of anilines is 1. The number of rotatable bonds is 3. The van der Waals surface area contributed by atoms with E-state index in [1.54, 1.807) is 0 Å². The van der Waals surface area contributed by atoms with Gasteiger partial charge in [-0.25, -0.2) is 4.98 Å². The predicted octanol–water partition coefficient (Wildman–Crippen LogP) is 2.31. The van der Waals surface area contributed by atoms with Gasteiger partial charge in [0.05, 0.1) is 11.9 Å². The van der Waals surface area contributed by atoms with Gasteiger partial charge in [0.15, 0.2) is 0 Å². The molecule has 0 spiro atoms. The molecule has 1 aromatic heterocycles. The van der Waals surface area contributed by atoms with Crippen molar-refractivity contribution < 1.29 is 18.0 Å². The van der Waals surface area contributed by atoms with Crippen molar-refractivity contribution in [1.82, 2.24) is 4.98 Å². The standard InChI is InChI=1S/C12H14F3N3O/c13-12(14,15)9-3-2-8(7-17-9)18-10(19)6-11(16)4-1-5-11/h2-3,7H,1,4-6,16H2,(H,18,19). The van der Waals surface area contributed by atoms with Crippen LogP contribution in [0.1, 0.15) is 31.4 Å². The molecule has 3 N–H and O–H groups in total. The molecule has 0 bridgehead atoms. The van der Waals surface area contributed by atoms with Crippen LogP contribution in [-0.2, 0) is 11.0 Å². The van der Waals surface area contributed by atoms with E-state index in [0.717, 1.165) is 31.5 Å². The Morgan fingerprint density at radius 2 is 2.11 bits per heavy atom. The quantitative estimate of drug-likeness (QED) is 0.888. The minimum Gasteiger partial charge on any atom is -0.325 e. The van der Waals surface area contributed by atoms with Crippen LogP contribution in [-0.4, -0.2) is 16.4 Å². The number of hydrogen-bond acceptors (Lipinski definition) is 3. The van der Waals surface area contributed by atoms with Crippen LogP contribution in [0.2, 0.25) is 0 Å². The van der Waals surface area contributed by atoms with Crippen LogP contribution in [0.5, 0.6) is 0 Å². The maximum absolute atomic E-state index is 12.3. The summed E-state index contributed by atoms with van der Waals surface area (Å²) < 4.78 is 36.9. The van der Waals surface area contributed by atoms with Crippen LogP contribution in [0, 0.1) is 0 Å². The van der Waals surface area contributed by atoms with E-state index in [1.165, 1.54) is 6.07 Å². The predicted molar refractivity (Wildman–Crippen MR) is 63.3 cm³/mol. The molecule has 4 nitrogen and oxygen atoms in total. The summed E-state index contributed by atoms with van der Waals surface area (Å²) in [6, 6.07) is 2.01. The van der Waals surface area contributed by atoms with Crippen molar-refractivity contribution in [2.24, 2.45) is 5.73 Å². The lowest BCUT2D eigenvalue weighted by molar-refractivity contribution is -0.141. The molecule has 0 radical (unpaired) electrons. The fourth-order valence-corrected chi connectivity index (χ4v) is 1.97. The third-order valence-electron chi connectivity index (χ3n) is 3.20. The van der Waals surface area contributed by atoms with Gasteiger partial charge in [0, 0.05) is 12.0 Å². The van der Waals surface area contributed by atoms with E-state index < -0.39 is 17.4 Å². The summed E-state index contributed by atoms with van der Waals surface area (Å²) in [5.41, 5.74) is 4.71. The zero-order valence-corrected chi connectivity index (χ0v) is 10.1. The van der Waals surface area contributed by atoms with Crippen molar-refractivity contribution >= 4 is 11.6 Å². The van der Waals surface area contributed by atoms with Gasteiger partial charge in [-0.2, -0.15) is 13.2 Å². The minimum atomic E-state index is -4.48. The summed E-state index contributed by atoms with van der Waals surface area (Å²) >= 11 is 0. The summed E-state index contributed by atoms with van der Waals surface area (Å²) in [4.78, 5) is 14.9. The Kier molecular flexibility index (Phi) is 3.49. The van der Waals surface area contributed by atoms with Crippen LogP contribution in [0.3, 0.4) is 0 Å². The molecule has 0 aromatic carbocycles. The van der Waals surface area contributed by atoms with Crippen LogP contribution >= 0.6 is 0 Å². The Morgan fingerprint density at radius 1 is 1.42 bits per heavy atom. The number of carbonyl (C=O) groups excluding carboxylic acids is 1. The topological polar surface area (TPSA) is 68.0 Å². The zero-order valence-electron chi connectivity index (χ0n) is 10.1. The largest absolute Gasteiger partial charge is 0.433 e. The second-order valence-corrected chi connectivity index (χ2v) is 4.87. The highest BCUT2D eigenvalue weighted by Gasteiger charge is 2.35. The van der Waals surface area contributed by atoms with Gasteiger partial charge in [-0.3, -0.25) is 4.79 Å². The zero-order chi connectivity index (χ0) is 14.1. The lowest BCUT2D eigenvalue weighted by Gasteiger charge is -2.37. The van der Waals surface area contributed by atoms with E-state index in [-0.39, 0.29) is 18.0 Å². The van der Waals surface area contributed by atoms with Gasteiger partial charge in [-0.05, 0) is 31.4 Å². The van der Waals surface area contributed by atoms with Gasteiger partial charge in [0.1, 0.15) is 5.69 Å². The minimum absolute atomic E-state index is 0.175. The molecule has 1 amide bonds. The van der Waals surface area contributed by atoms with E-state index in [0.29, 0.717) is 0 Å². The van der Waals surface area contributed by atoms with Crippen LogP contribution < -0.4 is 11.1 Å². The van der Waals surface area contributed by atoms with Gasteiger partial charge in [0.2, 0.25) is 5.91 Å². The lowest BCUT2D eigenvalue weighted by Crippen LogP contribution is -2.48. The number of pyridine rings is 1. The number of nitrogens with zero attached hydrogens (tertiary/aromatic N) is 1. The monoisotopic (exact) mass is 273 g/mol. The summed E-state index contributed by atoms with van der Waals surface area (Å²) in [5, 5.41) is 2.50. The van der Waals surface area contributed by atoms with Gasteiger partial charge >= 0.3 is 6.18 Å². The van der Waals surface area contributed by atoms with Crippen molar-refractivity contribution in [3.05, 3.63) is 24.0 Å². The van der Waals surface area contributed by atoms with E-state index in [2.05, 4.69) is 10.3 Å². The number of hydrogen-bond donors (Lipinski definition) is 2. The normalized spacial score (nSPS) is 17.7. The molecule has 0 unspecified atom stereocenters. The SMILES string of the molecule is NC1(CC(=O)Nc2ccc(C(F)(F)F)nc2)CCC1. The maximum Gasteiger partial charge on any atom is 0.433 e. The molecule has 104 valence electrons. The van der Waals surface area contributed by atoms with Gasteiger partial charge in [-0.15, -0.1) is 0 Å². The Balaban J connectivity index is 1.94. The highest BCUT2D eigenvalue weighted by molar-refractivity contribution is 5.91. The first-order valence-corrected chi connectivity index (χ1v) is 5.91. The molecule has 0 saturated heterocycles. The fraction of sp³-hybridized carbons (Fsp3) is 0.500. The van der Waals surface area contributed by atoms with Gasteiger partial charge < -0.3 is 11.1 Å². The molecule has 1 saturated carbocycles. The number of nitrogens with two attached hydrogens (primary N) is 1. The van der Waals surface area contributed by atoms with Gasteiger partial charge in [0.25, 0.3) is 0 Å². The number of carbonyl (C=O) groups is 1.